The van der Waals surface area contributed by atoms with Gasteiger partial charge in [0.25, 0.3) is 26.0 Å². The van der Waals surface area contributed by atoms with Crippen LogP contribution in [0.5, 0.6) is 0 Å². The maximum atomic E-state index is 13.1. The zero-order valence-electron chi connectivity index (χ0n) is 20.1. The van der Waals surface area contributed by atoms with Crippen LogP contribution >= 0.6 is 0 Å². The summed E-state index contributed by atoms with van der Waals surface area (Å²) < 4.78 is 55.2. The Balaban J connectivity index is 1.53. The molecule has 4 aromatic rings. The van der Waals surface area contributed by atoms with Gasteiger partial charge >= 0.3 is 0 Å². The molecule has 0 aliphatic rings. The molecule has 0 radical (unpaired) electrons. The summed E-state index contributed by atoms with van der Waals surface area (Å²) in [6, 6.07) is 26.9. The van der Waals surface area contributed by atoms with Gasteiger partial charge in [0.1, 0.15) is 0 Å². The zero-order chi connectivity index (χ0) is 26.6. The molecule has 4 rings (SSSR count). The van der Waals surface area contributed by atoms with E-state index in [0.29, 0.717) is 11.4 Å². The first-order valence-corrected chi connectivity index (χ1v) is 14.1. The Morgan fingerprint density at radius 3 is 1.89 bits per heavy atom. The highest BCUT2D eigenvalue weighted by Crippen LogP contribution is 2.27. The van der Waals surface area contributed by atoms with Crippen molar-refractivity contribution in [2.45, 2.75) is 16.7 Å². The number of carbonyl (C=O) groups is 1. The van der Waals surface area contributed by atoms with E-state index in [4.69, 9.17) is 0 Å². The highest BCUT2D eigenvalue weighted by atomic mass is 32.2. The second-order valence-electron chi connectivity index (χ2n) is 8.25. The smallest absolute Gasteiger partial charge is 0.264 e. The van der Waals surface area contributed by atoms with Crippen LogP contribution in [0.4, 0.5) is 17.1 Å². The van der Waals surface area contributed by atoms with E-state index in [9.17, 15) is 21.6 Å². The molecule has 0 unspecified atom stereocenters. The Morgan fingerprint density at radius 2 is 1.24 bits per heavy atom. The molecule has 190 valence electrons. The first kappa shape index (κ1) is 25.9. The van der Waals surface area contributed by atoms with Crippen LogP contribution in [0.1, 0.15) is 15.9 Å². The summed E-state index contributed by atoms with van der Waals surface area (Å²) in [5, 5.41) is 2.70. The summed E-state index contributed by atoms with van der Waals surface area (Å²) in [6.07, 6.45) is 0. The number of sulfonamides is 2. The number of rotatable bonds is 8. The van der Waals surface area contributed by atoms with Gasteiger partial charge in [0, 0.05) is 18.4 Å². The van der Waals surface area contributed by atoms with Crippen molar-refractivity contribution in [2.24, 2.45) is 0 Å². The highest BCUT2D eigenvalue weighted by molar-refractivity contribution is 7.93. The lowest BCUT2D eigenvalue weighted by Gasteiger charge is -2.22. The van der Waals surface area contributed by atoms with Crippen LogP contribution in [0, 0.1) is 6.92 Å². The predicted molar refractivity (Wildman–Crippen MR) is 145 cm³/mol. The van der Waals surface area contributed by atoms with Crippen LogP contribution in [0.15, 0.2) is 113 Å². The third-order valence-electron chi connectivity index (χ3n) is 5.62. The summed E-state index contributed by atoms with van der Waals surface area (Å²) >= 11 is 0. The average Bonchev–Trinajstić information content (AvgIpc) is 2.90. The molecule has 0 aliphatic carbocycles. The van der Waals surface area contributed by atoms with Crippen LogP contribution in [0.3, 0.4) is 0 Å². The molecule has 0 atom stereocenters. The summed E-state index contributed by atoms with van der Waals surface area (Å²) in [7, 11) is -6.33. The van der Waals surface area contributed by atoms with Crippen molar-refractivity contribution in [3.05, 3.63) is 114 Å². The molecule has 0 fully saturated rings. The molecule has 4 aromatic carbocycles. The normalized spacial score (nSPS) is 11.5. The minimum atomic E-state index is -3.89. The minimum Gasteiger partial charge on any atom is -0.322 e. The number of nitrogens with one attached hydrogen (secondary N) is 2. The van der Waals surface area contributed by atoms with Crippen molar-refractivity contribution < 1.29 is 21.6 Å². The van der Waals surface area contributed by atoms with Gasteiger partial charge in [-0.15, -0.1) is 0 Å². The predicted octanol–water partition coefficient (Wildman–Crippen LogP) is 4.87. The number of para-hydroxylation sites is 1. The Kier molecular flexibility index (Phi) is 7.33. The van der Waals surface area contributed by atoms with Crippen molar-refractivity contribution >= 4 is 43.0 Å². The number of hydrogen-bond acceptors (Lipinski definition) is 5. The van der Waals surface area contributed by atoms with Gasteiger partial charge < -0.3 is 5.32 Å². The number of anilines is 3. The molecular formula is C27H25N3O5S2. The molecule has 0 spiro atoms. The average molecular weight is 536 g/mol. The fraction of sp³-hybridized carbons (Fsp3) is 0.0741. The van der Waals surface area contributed by atoms with Gasteiger partial charge in [0.15, 0.2) is 0 Å². The Morgan fingerprint density at radius 1 is 0.676 bits per heavy atom. The van der Waals surface area contributed by atoms with Gasteiger partial charge in [0.2, 0.25) is 0 Å². The van der Waals surface area contributed by atoms with Gasteiger partial charge in [0.05, 0.1) is 21.0 Å². The molecule has 2 N–H and O–H groups in total. The standard InChI is InChI=1S/C27H25N3O5S2/c1-20-12-14-22(15-13-20)29-36(32,33)23-18-16-21(17-19-23)28-27(31)25-10-6-7-11-26(25)30(2)37(34,35)24-8-4-3-5-9-24/h3-19,29H,1-2H3,(H,28,31). The van der Waals surface area contributed by atoms with E-state index in [0.717, 1.165) is 9.87 Å². The van der Waals surface area contributed by atoms with E-state index < -0.39 is 26.0 Å². The topological polar surface area (TPSA) is 113 Å². The van der Waals surface area contributed by atoms with Crippen LogP contribution in [0.25, 0.3) is 0 Å². The van der Waals surface area contributed by atoms with Gasteiger partial charge in [-0.25, -0.2) is 16.8 Å². The lowest BCUT2D eigenvalue weighted by molar-refractivity contribution is 0.102. The van der Waals surface area contributed by atoms with Crippen LogP contribution < -0.4 is 14.3 Å². The Bertz CT molecular complexity index is 1620. The fourth-order valence-corrected chi connectivity index (χ4v) is 5.87. The molecule has 0 aliphatic heterocycles. The molecule has 37 heavy (non-hydrogen) atoms. The van der Waals surface area contributed by atoms with E-state index >= 15 is 0 Å². The van der Waals surface area contributed by atoms with E-state index in [2.05, 4.69) is 10.0 Å². The maximum Gasteiger partial charge on any atom is 0.264 e. The highest BCUT2D eigenvalue weighted by Gasteiger charge is 2.25. The van der Waals surface area contributed by atoms with Crippen LogP contribution in [0.2, 0.25) is 0 Å². The van der Waals surface area contributed by atoms with Crippen molar-refractivity contribution in [1.29, 1.82) is 0 Å². The third-order valence-corrected chi connectivity index (χ3v) is 8.80. The monoisotopic (exact) mass is 535 g/mol. The molecule has 0 heterocycles. The van der Waals surface area contributed by atoms with E-state index in [1.807, 2.05) is 6.92 Å². The Hall–Kier alpha value is -4.15. The fourth-order valence-electron chi connectivity index (χ4n) is 3.57. The molecule has 0 saturated carbocycles. The summed E-state index contributed by atoms with van der Waals surface area (Å²) in [5.41, 5.74) is 2.14. The van der Waals surface area contributed by atoms with E-state index in [1.54, 1.807) is 60.7 Å². The van der Waals surface area contributed by atoms with E-state index in [-0.39, 0.29) is 21.0 Å². The van der Waals surface area contributed by atoms with Gasteiger partial charge in [-0.3, -0.25) is 13.8 Å². The molecule has 0 aromatic heterocycles. The van der Waals surface area contributed by atoms with Crippen molar-refractivity contribution in [3.8, 4) is 0 Å². The van der Waals surface area contributed by atoms with Gasteiger partial charge in [-0.1, -0.05) is 48.0 Å². The zero-order valence-corrected chi connectivity index (χ0v) is 21.8. The van der Waals surface area contributed by atoms with Crippen molar-refractivity contribution in [3.63, 3.8) is 0 Å². The van der Waals surface area contributed by atoms with Crippen molar-refractivity contribution in [2.75, 3.05) is 21.4 Å². The number of nitrogens with zero attached hydrogens (tertiary/aromatic N) is 1. The summed E-state index contributed by atoms with van der Waals surface area (Å²) in [6.45, 7) is 1.91. The number of aryl methyl sites for hydroxylation is 1. The third kappa shape index (κ3) is 5.82. The van der Waals surface area contributed by atoms with Crippen molar-refractivity contribution in [1.82, 2.24) is 0 Å². The summed E-state index contributed by atoms with van der Waals surface area (Å²) in [4.78, 5) is 13.2. The number of amides is 1. The van der Waals surface area contributed by atoms with Crippen LogP contribution in [-0.4, -0.2) is 29.8 Å². The summed E-state index contributed by atoms with van der Waals surface area (Å²) in [5.74, 6) is -0.543. The quantitative estimate of drug-likeness (QED) is 0.334. The second kappa shape index (κ2) is 10.5. The Labute approximate surface area is 216 Å². The number of hydrogen-bond donors (Lipinski definition) is 2. The first-order valence-electron chi connectivity index (χ1n) is 11.2. The number of carbonyl (C=O) groups excluding carboxylic acids is 1. The number of benzene rings is 4. The van der Waals surface area contributed by atoms with Gasteiger partial charge in [-0.05, 0) is 67.6 Å². The minimum absolute atomic E-state index is 0.0279. The van der Waals surface area contributed by atoms with E-state index in [1.165, 1.54) is 49.5 Å². The molecule has 0 bridgehead atoms. The molecular weight excluding hydrogens is 510 g/mol. The molecule has 8 nitrogen and oxygen atoms in total. The van der Waals surface area contributed by atoms with Gasteiger partial charge in [-0.2, -0.15) is 0 Å². The molecule has 1 amide bonds. The lowest BCUT2D eigenvalue weighted by atomic mass is 10.1. The maximum absolute atomic E-state index is 13.1. The SMILES string of the molecule is Cc1ccc(NS(=O)(=O)c2ccc(NC(=O)c3ccccc3N(C)S(=O)(=O)c3ccccc3)cc2)cc1. The largest absolute Gasteiger partial charge is 0.322 e. The second-order valence-corrected chi connectivity index (χ2v) is 11.9. The lowest BCUT2D eigenvalue weighted by Crippen LogP contribution is -2.29. The van der Waals surface area contributed by atoms with Crippen LogP contribution in [-0.2, 0) is 20.0 Å². The molecule has 0 saturated heterocycles. The first-order chi connectivity index (χ1) is 17.6. The molecule has 10 heteroatoms.